The number of guanidine groups is 2. The Morgan fingerprint density at radius 2 is 1.89 bits per heavy atom. The molecule has 5 nitrogen and oxygen atoms in total. The van der Waals surface area contributed by atoms with E-state index in [1.54, 1.807) is 18.0 Å². The summed E-state index contributed by atoms with van der Waals surface area (Å²) >= 11 is 6.07. The van der Waals surface area contributed by atoms with Crippen molar-refractivity contribution in [2.24, 2.45) is 21.5 Å². The molecule has 0 saturated carbocycles. The highest BCUT2D eigenvalue weighted by Crippen LogP contribution is 2.23. The first-order valence-corrected chi connectivity index (χ1v) is 5.95. The van der Waals surface area contributed by atoms with E-state index < -0.39 is 0 Å². The SMILES string of the molecule is CC(C)N=C(N)N=C(N)N(C)c1ccccc1Cl. The van der Waals surface area contributed by atoms with E-state index in [1.165, 1.54) is 0 Å². The van der Waals surface area contributed by atoms with Gasteiger partial charge in [0.2, 0.25) is 11.9 Å². The van der Waals surface area contributed by atoms with Crippen LogP contribution >= 0.6 is 11.6 Å². The van der Waals surface area contributed by atoms with Crippen LogP contribution in [0.25, 0.3) is 0 Å². The summed E-state index contributed by atoms with van der Waals surface area (Å²) in [5.74, 6) is 0.395. The fourth-order valence-electron chi connectivity index (χ4n) is 1.33. The van der Waals surface area contributed by atoms with Crippen molar-refractivity contribution in [2.45, 2.75) is 19.9 Å². The second-order valence-corrected chi connectivity index (χ2v) is 4.47. The van der Waals surface area contributed by atoms with Gasteiger partial charge in [-0.05, 0) is 26.0 Å². The summed E-state index contributed by atoms with van der Waals surface area (Å²) in [4.78, 5) is 9.76. The van der Waals surface area contributed by atoms with Crippen LogP contribution in [0.5, 0.6) is 0 Å². The number of nitrogens with two attached hydrogens (primary N) is 2. The molecule has 1 rings (SSSR count). The average Bonchev–Trinajstić information content (AvgIpc) is 2.27. The second-order valence-electron chi connectivity index (χ2n) is 4.06. The minimum Gasteiger partial charge on any atom is -0.369 e. The number of benzene rings is 1. The first-order chi connectivity index (χ1) is 8.41. The van der Waals surface area contributed by atoms with E-state index in [0.717, 1.165) is 5.69 Å². The molecular weight excluding hydrogens is 250 g/mol. The van der Waals surface area contributed by atoms with Crippen LogP contribution in [-0.4, -0.2) is 25.0 Å². The fourth-order valence-corrected chi connectivity index (χ4v) is 1.60. The second kappa shape index (κ2) is 6.26. The third-order valence-corrected chi connectivity index (χ3v) is 2.50. The molecule has 0 fully saturated rings. The van der Waals surface area contributed by atoms with Gasteiger partial charge >= 0.3 is 0 Å². The van der Waals surface area contributed by atoms with E-state index in [2.05, 4.69) is 9.98 Å². The Morgan fingerprint density at radius 3 is 2.44 bits per heavy atom. The molecule has 0 amide bonds. The summed E-state index contributed by atoms with van der Waals surface area (Å²) in [5, 5.41) is 0.595. The Balaban J connectivity index is 2.94. The lowest BCUT2D eigenvalue weighted by atomic mass is 10.3. The molecule has 0 unspecified atom stereocenters. The summed E-state index contributed by atoms with van der Waals surface area (Å²) in [5.41, 5.74) is 12.3. The molecular formula is C12H18ClN5. The van der Waals surface area contributed by atoms with Crippen LogP contribution in [0.4, 0.5) is 5.69 Å². The highest BCUT2D eigenvalue weighted by molar-refractivity contribution is 6.33. The molecule has 0 spiro atoms. The van der Waals surface area contributed by atoms with Gasteiger partial charge in [0.1, 0.15) is 0 Å². The van der Waals surface area contributed by atoms with Crippen LogP contribution in [0.2, 0.25) is 5.02 Å². The van der Waals surface area contributed by atoms with Gasteiger partial charge in [-0.3, -0.25) is 0 Å². The molecule has 18 heavy (non-hydrogen) atoms. The molecule has 6 heteroatoms. The van der Waals surface area contributed by atoms with Crippen LogP contribution in [0, 0.1) is 0 Å². The molecule has 0 aliphatic rings. The number of hydrogen-bond donors (Lipinski definition) is 2. The van der Waals surface area contributed by atoms with Crippen LogP contribution in [0.3, 0.4) is 0 Å². The molecule has 0 heterocycles. The van der Waals surface area contributed by atoms with Gasteiger partial charge in [-0.1, -0.05) is 23.7 Å². The number of nitrogens with zero attached hydrogens (tertiary/aromatic N) is 3. The molecule has 1 aromatic rings. The van der Waals surface area contributed by atoms with Crippen LogP contribution in [-0.2, 0) is 0 Å². The van der Waals surface area contributed by atoms with Gasteiger partial charge in [-0.15, -0.1) is 0 Å². The molecule has 0 aromatic heterocycles. The first kappa shape index (κ1) is 14.3. The van der Waals surface area contributed by atoms with Crippen molar-refractivity contribution in [3.05, 3.63) is 29.3 Å². The number of anilines is 1. The normalized spacial score (nSPS) is 12.9. The zero-order valence-corrected chi connectivity index (χ0v) is 11.5. The number of rotatable bonds is 2. The topological polar surface area (TPSA) is 80.0 Å². The number of para-hydroxylation sites is 1. The lowest BCUT2D eigenvalue weighted by Crippen LogP contribution is -2.36. The molecule has 0 saturated heterocycles. The zero-order valence-electron chi connectivity index (χ0n) is 10.8. The summed E-state index contributed by atoms with van der Waals surface area (Å²) in [6.07, 6.45) is 0. The van der Waals surface area contributed by atoms with Crippen molar-refractivity contribution in [1.82, 2.24) is 0 Å². The molecule has 0 aliphatic heterocycles. The van der Waals surface area contributed by atoms with Gasteiger partial charge < -0.3 is 16.4 Å². The maximum atomic E-state index is 6.07. The predicted octanol–water partition coefficient (Wildman–Crippen LogP) is 1.81. The van der Waals surface area contributed by atoms with Gasteiger partial charge in [-0.25, -0.2) is 4.99 Å². The van der Waals surface area contributed by atoms with E-state index >= 15 is 0 Å². The Morgan fingerprint density at radius 1 is 1.28 bits per heavy atom. The maximum Gasteiger partial charge on any atom is 0.218 e. The Kier molecular flexibility index (Phi) is 4.97. The molecule has 0 bridgehead atoms. The van der Waals surface area contributed by atoms with Gasteiger partial charge in [0.25, 0.3) is 0 Å². The van der Waals surface area contributed by atoms with Crippen LogP contribution < -0.4 is 16.4 Å². The third-order valence-electron chi connectivity index (χ3n) is 2.18. The van der Waals surface area contributed by atoms with Gasteiger partial charge in [0.15, 0.2) is 0 Å². The minimum absolute atomic E-state index is 0.0761. The molecule has 0 radical (unpaired) electrons. The maximum absolute atomic E-state index is 6.07. The van der Waals surface area contributed by atoms with Crippen molar-refractivity contribution in [1.29, 1.82) is 0 Å². The van der Waals surface area contributed by atoms with Crippen molar-refractivity contribution in [3.63, 3.8) is 0 Å². The summed E-state index contributed by atoms with van der Waals surface area (Å²) in [6, 6.07) is 7.43. The third kappa shape index (κ3) is 3.92. The average molecular weight is 268 g/mol. The van der Waals surface area contributed by atoms with Crippen molar-refractivity contribution in [2.75, 3.05) is 11.9 Å². The number of aliphatic imine (C=N–C) groups is 2. The highest BCUT2D eigenvalue weighted by atomic mass is 35.5. The highest BCUT2D eigenvalue weighted by Gasteiger charge is 2.09. The quantitative estimate of drug-likeness (QED) is 0.634. The fraction of sp³-hybridized carbons (Fsp3) is 0.333. The first-order valence-electron chi connectivity index (χ1n) is 5.57. The molecule has 98 valence electrons. The van der Waals surface area contributed by atoms with E-state index in [0.29, 0.717) is 5.02 Å². The number of halogens is 1. The number of hydrogen-bond acceptors (Lipinski definition) is 1. The Hall–Kier alpha value is -1.75. The lowest BCUT2D eigenvalue weighted by molar-refractivity contribution is 0.831. The Bertz CT molecular complexity index is 467. The van der Waals surface area contributed by atoms with E-state index in [9.17, 15) is 0 Å². The summed E-state index contributed by atoms with van der Waals surface area (Å²) in [7, 11) is 1.77. The van der Waals surface area contributed by atoms with Crippen LogP contribution in [0.15, 0.2) is 34.3 Å². The molecule has 0 atom stereocenters. The Labute approximate surface area is 112 Å². The van der Waals surface area contributed by atoms with Crippen molar-refractivity contribution < 1.29 is 0 Å². The molecule has 1 aromatic carbocycles. The zero-order chi connectivity index (χ0) is 13.7. The van der Waals surface area contributed by atoms with E-state index in [1.807, 2.05) is 32.0 Å². The van der Waals surface area contributed by atoms with Gasteiger partial charge in [0, 0.05) is 13.1 Å². The summed E-state index contributed by atoms with van der Waals surface area (Å²) < 4.78 is 0. The van der Waals surface area contributed by atoms with Gasteiger partial charge in [0.05, 0.1) is 10.7 Å². The summed E-state index contributed by atoms with van der Waals surface area (Å²) in [6.45, 7) is 3.83. The minimum atomic E-state index is 0.0761. The van der Waals surface area contributed by atoms with Crippen LogP contribution in [0.1, 0.15) is 13.8 Å². The lowest BCUT2D eigenvalue weighted by Gasteiger charge is -2.19. The molecule has 4 N–H and O–H groups in total. The van der Waals surface area contributed by atoms with Crippen molar-refractivity contribution >= 4 is 29.2 Å². The predicted molar refractivity (Wildman–Crippen MR) is 78.2 cm³/mol. The molecule has 0 aliphatic carbocycles. The smallest absolute Gasteiger partial charge is 0.218 e. The standard InChI is InChI=1S/C12H18ClN5/c1-8(2)16-11(14)17-12(15)18(3)10-7-5-4-6-9(10)13/h4-8H,1-3H3,(H4,14,15,16,17). The largest absolute Gasteiger partial charge is 0.369 e. The van der Waals surface area contributed by atoms with Gasteiger partial charge in [-0.2, -0.15) is 4.99 Å². The monoisotopic (exact) mass is 267 g/mol. The van der Waals surface area contributed by atoms with Crippen molar-refractivity contribution in [3.8, 4) is 0 Å². The van der Waals surface area contributed by atoms with E-state index in [-0.39, 0.29) is 18.0 Å². The van der Waals surface area contributed by atoms with E-state index in [4.69, 9.17) is 23.1 Å².